The molecule has 25 heavy (non-hydrogen) atoms. The third kappa shape index (κ3) is 4.37. The number of hydrogen-bond donors (Lipinski definition) is 2. The number of rotatable bonds is 6. The predicted octanol–water partition coefficient (Wildman–Crippen LogP) is 1.83. The van der Waals surface area contributed by atoms with E-state index < -0.39 is 23.8 Å². The van der Waals surface area contributed by atoms with Gasteiger partial charge < -0.3 is 24.5 Å². The molecular weight excluding hydrogens is 328 g/mol. The maximum atomic E-state index is 12.3. The van der Waals surface area contributed by atoms with Crippen LogP contribution in [0, 0.1) is 0 Å². The van der Waals surface area contributed by atoms with E-state index in [1.54, 1.807) is 6.07 Å². The van der Waals surface area contributed by atoms with Gasteiger partial charge in [-0.05, 0) is 31.2 Å². The zero-order valence-electron chi connectivity index (χ0n) is 14.0. The van der Waals surface area contributed by atoms with Gasteiger partial charge in [0.05, 0.1) is 37.3 Å². The molecule has 0 saturated carbocycles. The highest BCUT2D eigenvalue weighted by atomic mass is 16.5. The summed E-state index contributed by atoms with van der Waals surface area (Å²) in [6.07, 6.45) is 2.64. The number of ether oxygens (including phenoxy) is 2. The maximum absolute atomic E-state index is 12.3. The molecule has 0 bridgehead atoms. The highest BCUT2D eigenvalue weighted by molar-refractivity contribution is 6.04. The van der Waals surface area contributed by atoms with Crippen molar-refractivity contribution < 1.29 is 28.3 Å². The lowest BCUT2D eigenvalue weighted by molar-refractivity contribution is -0.117. The Morgan fingerprint density at radius 3 is 2.52 bits per heavy atom. The topological polar surface area (TPSA) is 107 Å². The molecule has 1 heterocycles. The van der Waals surface area contributed by atoms with E-state index in [4.69, 9.17) is 13.9 Å². The average Bonchev–Trinajstić information content (AvgIpc) is 3.16. The first-order chi connectivity index (χ1) is 12.0. The molecule has 8 heteroatoms. The Bertz CT molecular complexity index is 769. The number of hydrogen-bond acceptors (Lipinski definition) is 6. The second kappa shape index (κ2) is 8.00. The van der Waals surface area contributed by atoms with Gasteiger partial charge in [0.2, 0.25) is 5.91 Å². The summed E-state index contributed by atoms with van der Waals surface area (Å²) in [5, 5.41) is 5.13. The summed E-state index contributed by atoms with van der Waals surface area (Å²) in [4.78, 5) is 36.1. The zero-order valence-corrected chi connectivity index (χ0v) is 14.0. The number of furan rings is 1. The van der Waals surface area contributed by atoms with Gasteiger partial charge in [0.1, 0.15) is 18.1 Å². The molecule has 0 spiro atoms. The van der Waals surface area contributed by atoms with Gasteiger partial charge in [-0.15, -0.1) is 0 Å². The minimum atomic E-state index is -0.838. The molecule has 0 saturated heterocycles. The van der Waals surface area contributed by atoms with Crippen molar-refractivity contribution in [1.82, 2.24) is 5.32 Å². The molecular formula is C17H18N2O6. The van der Waals surface area contributed by atoms with Crippen LogP contribution >= 0.6 is 0 Å². The summed E-state index contributed by atoms with van der Waals surface area (Å²) in [5.41, 5.74) is 0.699. The van der Waals surface area contributed by atoms with Crippen LogP contribution < -0.4 is 15.4 Å². The molecule has 0 aliphatic carbocycles. The van der Waals surface area contributed by atoms with Crippen LogP contribution in [0.15, 0.2) is 41.2 Å². The van der Waals surface area contributed by atoms with Crippen LogP contribution in [0.4, 0.5) is 5.69 Å². The summed E-state index contributed by atoms with van der Waals surface area (Å²) >= 11 is 0. The van der Waals surface area contributed by atoms with E-state index in [1.165, 1.54) is 51.9 Å². The van der Waals surface area contributed by atoms with Gasteiger partial charge in [-0.2, -0.15) is 0 Å². The highest BCUT2D eigenvalue weighted by Gasteiger charge is 2.20. The van der Waals surface area contributed by atoms with E-state index in [-0.39, 0.29) is 11.3 Å². The van der Waals surface area contributed by atoms with Gasteiger partial charge in [-0.25, -0.2) is 4.79 Å². The molecule has 8 nitrogen and oxygen atoms in total. The van der Waals surface area contributed by atoms with Gasteiger partial charge in [-0.3, -0.25) is 9.59 Å². The van der Waals surface area contributed by atoms with E-state index in [0.717, 1.165) is 0 Å². The van der Waals surface area contributed by atoms with Gasteiger partial charge in [0.15, 0.2) is 0 Å². The molecule has 1 unspecified atom stereocenters. The third-order valence-corrected chi connectivity index (χ3v) is 3.41. The molecule has 2 N–H and O–H groups in total. The van der Waals surface area contributed by atoms with Crippen molar-refractivity contribution in [3.05, 3.63) is 47.9 Å². The van der Waals surface area contributed by atoms with Crippen LogP contribution in [0.3, 0.4) is 0 Å². The number of methoxy groups -OCH3 is 2. The lowest BCUT2D eigenvalue weighted by Crippen LogP contribution is -2.41. The number of nitrogens with one attached hydrogen (secondary N) is 2. The Balaban J connectivity index is 2.11. The number of amides is 2. The lowest BCUT2D eigenvalue weighted by atomic mass is 10.1. The van der Waals surface area contributed by atoms with Crippen molar-refractivity contribution in [3.8, 4) is 5.75 Å². The molecule has 2 aromatic rings. The van der Waals surface area contributed by atoms with Crippen molar-refractivity contribution in [2.45, 2.75) is 13.0 Å². The average molecular weight is 346 g/mol. The molecule has 0 fully saturated rings. The van der Waals surface area contributed by atoms with Crippen LogP contribution in [-0.2, 0) is 9.53 Å². The first kappa shape index (κ1) is 18.1. The van der Waals surface area contributed by atoms with Crippen LogP contribution in [-0.4, -0.2) is 38.0 Å². The van der Waals surface area contributed by atoms with Crippen LogP contribution in [0.1, 0.15) is 27.6 Å². The second-order valence-electron chi connectivity index (χ2n) is 5.10. The molecule has 0 aliphatic heterocycles. The fraction of sp³-hybridized carbons (Fsp3) is 0.235. The van der Waals surface area contributed by atoms with E-state index in [0.29, 0.717) is 11.3 Å². The number of carbonyl (C=O) groups excluding carboxylic acids is 3. The van der Waals surface area contributed by atoms with E-state index in [9.17, 15) is 14.4 Å². The second-order valence-corrected chi connectivity index (χ2v) is 5.10. The summed E-state index contributed by atoms with van der Waals surface area (Å²) in [5.74, 6) is -1.12. The summed E-state index contributed by atoms with van der Waals surface area (Å²) in [7, 11) is 2.70. The fourth-order valence-corrected chi connectivity index (χ4v) is 2.02. The lowest BCUT2D eigenvalue weighted by Gasteiger charge is -2.16. The third-order valence-electron chi connectivity index (χ3n) is 3.41. The molecule has 2 amide bonds. The normalized spacial score (nSPS) is 11.3. The number of benzene rings is 1. The minimum Gasteiger partial charge on any atom is -0.497 e. The monoisotopic (exact) mass is 346 g/mol. The van der Waals surface area contributed by atoms with Gasteiger partial charge >= 0.3 is 5.97 Å². The van der Waals surface area contributed by atoms with E-state index in [2.05, 4.69) is 10.6 Å². The van der Waals surface area contributed by atoms with E-state index >= 15 is 0 Å². The minimum absolute atomic E-state index is 0.142. The van der Waals surface area contributed by atoms with Crippen molar-refractivity contribution in [1.29, 1.82) is 0 Å². The van der Waals surface area contributed by atoms with Crippen molar-refractivity contribution in [2.24, 2.45) is 0 Å². The van der Waals surface area contributed by atoms with Crippen LogP contribution in [0.2, 0.25) is 0 Å². The zero-order chi connectivity index (χ0) is 18.4. The highest BCUT2D eigenvalue weighted by Crippen LogP contribution is 2.23. The molecule has 1 aromatic carbocycles. The van der Waals surface area contributed by atoms with Crippen LogP contribution in [0.5, 0.6) is 5.75 Å². The summed E-state index contributed by atoms with van der Waals surface area (Å²) in [6.45, 7) is 1.52. The maximum Gasteiger partial charge on any atom is 0.340 e. The molecule has 2 rings (SSSR count). The van der Waals surface area contributed by atoms with Gasteiger partial charge in [0.25, 0.3) is 5.91 Å². The Labute approximate surface area is 144 Å². The van der Waals surface area contributed by atoms with Gasteiger partial charge in [-0.1, -0.05) is 0 Å². The molecule has 0 aliphatic rings. The summed E-state index contributed by atoms with van der Waals surface area (Å²) in [6, 6.07) is 5.22. The molecule has 132 valence electrons. The van der Waals surface area contributed by atoms with Crippen LogP contribution in [0.25, 0.3) is 0 Å². The standard InChI is InChI=1S/C17H18N2O6/c1-10(18-16(21)11-6-7-25-9-11)15(20)19-14-5-4-12(23-2)8-13(14)17(22)24-3/h4-10H,1-3H3,(H,18,21)(H,19,20). The van der Waals surface area contributed by atoms with E-state index in [1.807, 2.05) is 0 Å². The number of anilines is 1. The first-order valence-electron chi connectivity index (χ1n) is 7.36. The first-order valence-corrected chi connectivity index (χ1v) is 7.36. The van der Waals surface area contributed by atoms with Crippen molar-refractivity contribution >= 4 is 23.5 Å². The SMILES string of the molecule is COC(=O)c1cc(OC)ccc1NC(=O)C(C)NC(=O)c1ccoc1. The van der Waals surface area contributed by atoms with Crippen molar-refractivity contribution in [3.63, 3.8) is 0 Å². The molecule has 1 aromatic heterocycles. The number of carbonyl (C=O) groups is 3. The van der Waals surface area contributed by atoms with Gasteiger partial charge in [0, 0.05) is 0 Å². The predicted molar refractivity (Wildman–Crippen MR) is 88.6 cm³/mol. The molecule has 0 radical (unpaired) electrons. The summed E-state index contributed by atoms with van der Waals surface area (Å²) < 4.78 is 14.6. The quantitative estimate of drug-likeness (QED) is 0.773. The molecule has 1 atom stereocenters. The Hall–Kier alpha value is -3.29. The number of esters is 1. The Morgan fingerprint density at radius 2 is 1.92 bits per heavy atom. The Morgan fingerprint density at radius 1 is 1.16 bits per heavy atom. The fourth-order valence-electron chi connectivity index (χ4n) is 2.02. The smallest absolute Gasteiger partial charge is 0.340 e. The van der Waals surface area contributed by atoms with Crippen molar-refractivity contribution in [2.75, 3.05) is 19.5 Å². The largest absolute Gasteiger partial charge is 0.497 e. The Kier molecular flexibility index (Phi) is 5.78.